The van der Waals surface area contributed by atoms with Crippen LogP contribution in [0.5, 0.6) is 0 Å². The second-order valence-corrected chi connectivity index (χ2v) is 3.49. The standard InChI is InChI=1S/C11H16N2O/c1-9(13(2)3)11(14)12-10-7-5-4-6-8-10/h4-9H,1-3H3,(H,12,14)/t9-/m0/s1. The average molecular weight is 192 g/mol. The van der Waals surface area contributed by atoms with E-state index in [0.717, 1.165) is 5.69 Å². The van der Waals surface area contributed by atoms with E-state index in [1.807, 2.05) is 56.3 Å². The maximum Gasteiger partial charge on any atom is 0.241 e. The van der Waals surface area contributed by atoms with Gasteiger partial charge in [-0.3, -0.25) is 9.69 Å². The summed E-state index contributed by atoms with van der Waals surface area (Å²) in [5.41, 5.74) is 0.839. The number of hydrogen-bond donors (Lipinski definition) is 1. The average Bonchev–Trinajstić information content (AvgIpc) is 2.18. The van der Waals surface area contributed by atoms with Crippen LogP contribution in [0.25, 0.3) is 0 Å². The first-order chi connectivity index (χ1) is 6.61. The fourth-order valence-corrected chi connectivity index (χ4v) is 1.00. The van der Waals surface area contributed by atoms with Crippen molar-refractivity contribution in [3.8, 4) is 0 Å². The quantitative estimate of drug-likeness (QED) is 0.788. The predicted molar refractivity (Wildman–Crippen MR) is 58.2 cm³/mol. The van der Waals surface area contributed by atoms with E-state index in [4.69, 9.17) is 0 Å². The second-order valence-electron chi connectivity index (χ2n) is 3.49. The zero-order chi connectivity index (χ0) is 10.6. The third-order valence-electron chi connectivity index (χ3n) is 2.20. The van der Waals surface area contributed by atoms with E-state index in [0.29, 0.717) is 0 Å². The van der Waals surface area contributed by atoms with Gasteiger partial charge in [-0.15, -0.1) is 0 Å². The predicted octanol–water partition coefficient (Wildman–Crippen LogP) is 1.58. The molecule has 0 aliphatic carbocycles. The van der Waals surface area contributed by atoms with Gasteiger partial charge in [-0.05, 0) is 33.2 Å². The van der Waals surface area contributed by atoms with Gasteiger partial charge < -0.3 is 5.32 Å². The van der Waals surface area contributed by atoms with Crippen molar-refractivity contribution in [2.24, 2.45) is 0 Å². The number of rotatable bonds is 3. The van der Waals surface area contributed by atoms with Gasteiger partial charge in [0.05, 0.1) is 6.04 Å². The number of nitrogens with zero attached hydrogens (tertiary/aromatic N) is 1. The van der Waals surface area contributed by atoms with E-state index in [9.17, 15) is 4.79 Å². The Labute approximate surface area is 84.7 Å². The molecule has 1 aromatic carbocycles. The number of anilines is 1. The molecule has 0 unspecified atom stereocenters. The lowest BCUT2D eigenvalue weighted by molar-refractivity contribution is -0.119. The maximum absolute atomic E-state index is 11.6. The van der Waals surface area contributed by atoms with Crippen molar-refractivity contribution < 1.29 is 4.79 Å². The molecule has 0 aliphatic heterocycles. The number of amides is 1. The first-order valence-electron chi connectivity index (χ1n) is 4.63. The summed E-state index contributed by atoms with van der Waals surface area (Å²) in [5.74, 6) is 0.0150. The first-order valence-corrected chi connectivity index (χ1v) is 4.63. The van der Waals surface area contributed by atoms with Gasteiger partial charge in [0.2, 0.25) is 5.91 Å². The summed E-state index contributed by atoms with van der Waals surface area (Å²) < 4.78 is 0. The largest absolute Gasteiger partial charge is 0.325 e. The number of carbonyl (C=O) groups is 1. The molecule has 0 spiro atoms. The summed E-state index contributed by atoms with van der Waals surface area (Å²) in [7, 11) is 3.77. The maximum atomic E-state index is 11.6. The third-order valence-corrected chi connectivity index (χ3v) is 2.20. The Bertz CT molecular complexity index is 295. The van der Waals surface area contributed by atoms with Crippen molar-refractivity contribution in [3.05, 3.63) is 30.3 Å². The molecule has 0 saturated carbocycles. The summed E-state index contributed by atoms with van der Waals surface area (Å²) in [6.45, 7) is 1.87. The van der Waals surface area contributed by atoms with E-state index in [-0.39, 0.29) is 11.9 Å². The number of benzene rings is 1. The molecule has 76 valence electrons. The highest BCUT2D eigenvalue weighted by Crippen LogP contribution is 2.06. The Morgan fingerprint density at radius 2 is 1.86 bits per heavy atom. The Hall–Kier alpha value is -1.35. The third kappa shape index (κ3) is 2.85. The zero-order valence-electron chi connectivity index (χ0n) is 8.82. The van der Waals surface area contributed by atoms with Gasteiger partial charge in [-0.25, -0.2) is 0 Å². The molecule has 0 aromatic heterocycles. The molecule has 1 amide bonds. The minimum absolute atomic E-state index is 0.0150. The lowest BCUT2D eigenvalue weighted by Crippen LogP contribution is -2.37. The highest BCUT2D eigenvalue weighted by Gasteiger charge is 2.14. The van der Waals surface area contributed by atoms with Gasteiger partial charge in [0, 0.05) is 5.69 Å². The first kappa shape index (κ1) is 10.7. The van der Waals surface area contributed by atoms with Crippen LogP contribution in [0.2, 0.25) is 0 Å². The molecule has 3 heteroatoms. The van der Waals surface area contributed by atoms with Crippen molar-refractivity contribution in [1.29, 1.82) is 0 Å². The highest BCUT2D eigenvalue weighted by atomic mass is 16.2. The summed E-state index contributed by atoms with van der Waals surface area (Å²) in [6.07, 6.45) is 0. The van der Waals surface area contributed by atoms with E-state index in [1.165, 1.54) is 0 Å². The van der Waals surface area contributed by atoms with E-state index < -0.39 is 0 Å². The summed E-state index contributed by atoms with van der Waals surface area (Å²) >= 11 is 0. The number of carbonyl (C=O) groups excluding carboxylic acids is 1. The molecule has 0 fully saturated rings. The molecule has 1 rings (SSSR count). The summed E-state index contributed by atoms with van der Waals surface area (Å²) in [4.78, 5) is 13.5. The Kier molecular flexibility index (Phi) is 3.65. The molecular formula is C11H16N2O. The van der Waals surface area contributed by atoms with Crippen molar-refractivity contribution in [1.82, 2.24) is 4.90 Å². The molecule has 3 nitrogen and oxygen atoms in total. The Morgan fingerprint density at radius 1 is 1.29 bits per heavy atom. The SMILES string of the molecule is C[C@@H](C(=O)Nc1ccccc1)N(C)C. The molecule has 0 bridgehead atoms. The summed E-state index contributed by atoms with van der Waals surface area (Å²) in [5, 5.41) is 2.84. The molecule has 0 radical (unpaired) electrons. The van der Waals surface area contributed by atoms with Crippen LogP contribution in [0.3, 0.4) is 0 Å². The molecule has 1 aromatic rings. The number of likely N-dealkylation sites (N-methyl/N-ethyl adjacent to an activating group) is 1. The van der Waals surface area contributed by atoms with Gasteiger partial charge in [0.1, 0.15) is 0 Å². The minimum atomic E-state index is -0.116. The highest BCUT2D eigenvalue weighted by molar-refractivity contribution is 5.94. The number of nitrogens with one attached hydrogen (secondary N) is 1. The molecule has 0 saturated heterocycles. The van der Waals surface area contributed by atoms with Crippen LogP contribution in [0.15, 0.2) is 30.3 Å². The van der Waals surface area contributed by atoms with Crippen LogP contribution < -0.4 is 5.32 Å². The summed E-state index contributed by atoms with van der Waals surface area (Å²) in [6, 6.07) is 9.35. The molecule has 14 heavy (non-hydrogen) atoms. The van der Waals surface area contributed by atoms with Crippen molar-refractivity contribution >= 4 is 11.6 Å². The topological polar surface area (TPSA) is 32.3 Å². The fraction of sp³-hybridized carbons (Fsp3) is 0.364. The van der Waals surface area contributed by atoms with Crippen LogP contribution in [0.1, 0.15) is 6.92 Å². The van der Waals surface area contributed by atoms with Crippen molar-refractivity contribution in [2.45, 2.75) is 13.0 Å². The molecule has 0 heterocycles. The second kappa shape index (κ2) is 4.77. The van der Waals surface area contributed by atoms with Gasteiger partial charge in [0.25, 0.3) is 0 Å². The molecule has 1 atom stereocenters. The fourth-order valence-electron chi connectivity index (χ4n) is 1.00. The molecule has 1 N–H and O–H groups in total. The van der Waals surface area contributed by atoms with Crippen LogP contribution in [0, 0.1) is 0 Å². The Morgan fingerprint density at radius 3 is 2.36 bits per heavy atom. The van der Waals surface area contributed by atoms with E-state index >= 15 is 0 Å². The number of para-hydroxylation sites is 1. The molecule has 0 aliphatic rings. The van der Waals surface area contributed by atoms with Crippen LogP contribution >= 0.6 is 0 Å². The van der Waals surface area contributed by atoms with E-state index in [1.54, 1.807) is 0 Å². The normalized spacial score (nSPS) is 12.6. The van der Waals surface area contributed by atoms with Crippen molar-refractivity contribution in [2.75, 3.05) is 19.4 Å². The van der Waals surface area contributed by atoms with Crippen LogP contribution in [0.4, 0.5) is 5.69 Å². The lowest BCUT2D eigenvalue weighted by Gasteiger charge is -2.18. The number of hydrogen-bond acceptors (Lipinski definition) is 2. The van der Waals surface area contributed by atoms with Gasteiger partial charge in [0.15, 0.2) is 0 Å². The smallest absolute Gasteiger partial charge is 0.241 e. The van der Waals surface area contributed by atoms with Gasteiger partial charge in [-0.1, -0.05) is 18.2 Å². The van der Waals surface area contributed by atoms with Gasteiger partial charge in [-0.2, -0.15) is 0 Å². The lowest BCUT2D eigenvalue weighted by atomic mass is 10.2. The van der Waals surface area contributed by atoms with Crippen LogP contribution in [-0.4, -0.2) is 30.9 Å². The van der Waals surface area contributed by atoms with Crippen LogP contribution in [-0.2, 0) is 4.79 Å². The molecular weight excluding hydrogens is 176 g/mol. The van der Waals surface area contributed by atoms with Gasteiger partial charge >= 0.3 is 0 Å². The minimum Gasteiger partial charge on any atom is -0.325 e. The zero-order valence-corrected chi connectivity index (χ0v) is 8.82. The monoisotopic (exact) mass is 192 g/mol. The van der Waals surface area contributed by atoms with E-state index in [2.05, 4.69) is 5.32 Å². The van der Waals surface area contributed by atoms with Crippen molar-refractivity contribution in [3.63, 3.8) is 0 Å². The Balaban J connectivity index is 2.58.